The van der Waals surface area contributed by atoms with Gasteiger partial charge >= 0.3 is 11.8 Å². The van der Waals surface area contributed by atoms with Gasteiger partial charge in [-0.15, -0.1) is 0 Å². The van der Waals surface area contributed by atoms with Gasteiger partial charge in [-0.25, -0.2) is 0 Å². The molecule has 2 amide bonds. The quantitative estimate of drug-likeness (QED) is 0.656. The molecule has 30 heavy (non-hydrogen) atoms. The van der Waals surface area contributed by atoms with Crippen LogP contribution >= 0.6 is 11.6 Å². The van der Waals surface area contributed by atoms with Gasteiger partial charge in [0.1, 0.15) is 5.75 Å². The first-order valence-corrected chi connectivity index (χ1v) is 10.3. The van der Waals surface area contributed by atoms with E-state index in [0.717, 1.165) is 37.5 Å². The van der Waals surface area contributed by atoms with Gasteiger partial charge in [0.2, 0.25) is 0 Å². The summed E-state index contributed by atoms with van der Waals surface area (Å²) in [5, 5.41) is 5.94. The molecule has 2 aromatic rings. The van der Waals surface area contributed by atoms with Crippen molar-refractivity contribution in [1.29, 1.82) is 0 Å². The molecule has 2 N–H and O–H groups in total. The Labute approximate surface area is 181 Å². The van der Waals surface area contributed by atoms with Gasteiger partial charge in [0.25, 0.3) is 0 Å². The Morgan fingerprint density at radius 1 is 0.933 bits per heavy atom. The Balaban J connectivity index is 1.32. The summed E-state index contributed by atoms with van der Waals surface area (Å²) in [4.78, 5) is 28.5. The fourth-order valence-corrected chi connectivity index (χ4v) is 3.42. The summed E-state index contributed by atoms with van der Waals surface area (Å²) in [7, 11) is 1.66. The monoisotopic (exact) mass is 430 g/mol. The zero-order valence-electron chi connectivity index (χ0n) is 17.1. The van der Waals surface area contributed by atoms with Crippen LogP contribution in [0.3, 0.4) is 0 Å². The molecule has 1 aliphatic heterocycles. The maximum absolute atomic E-state index is 12.0. The molecule has 0 unspecified atom stereocenters. The van der Waals surface area contributed by atoms with Crippen LogP contribution in [0.4, 0.5) is 5.69 Å². The lowest BCUT2D eigenvalue weighted by atomic mass is 10.2. The second kappa shape index (κ2) is 10.8. The molecule has 0 aliphatic carbocycles. The largest absolute Gasteiger partial charge is 0.497 e. The minimum atomic E-state index is -0.630. The van der Waals surface area contributed by atoms with Crippen molar-refractivity contribution < 1.29 is 14.3 Å². The van der Waals surface area contributed by atoms with Crippen molar-refractivity contribution in [3.05, 3.63) is 59.1 Å². The number of amides is 2. The normalized spacial score (nSPS) is 14.3. The van der Waals surface area contributed by atoms with Crippen LogP contribution in [0.2, 0.25) is 5.02 Å². The van der Waals surface area contributed by atoms with Gasteiger partial charge in [0.05, 0.1) is 7.11 Å². The molecule has 160 valence electrons. The predicted octanol–water partition coefficient (Wildman–Crippen LogP) is 1.90. The van der Waals surface area contributed by atoms with Crippen LogP contribution in [-0.2, 0) is 16.1 Å². The SMILES string of the molecule is COc1ccc(N2CCN(CCNC(=O)C(=O)NCc3ccc(Cl)cc3)CC2)cc1. The summed E-state index contributed by atoms with van der Waals surface area (Å²) in [5.41, 5.74) is 2.07. The fourth-order valence-electron chi connectivity index (χ4n) is 3.30. The Morgan fingerprint density at radius 2 is 1.57 bits per heavy atom. The third-order valence-electron chi connectivity index (χ3n) is 5.10. The van der Waals surface area contributed by atoms with Gasteiger partial charge in [-0.1, -0.05) is 23.7 Å². The zero-order valence-corrected chi connectivity index (χ0v) is 17.8. The molecule has 1 saturated heterocycles. The smallest absolute Gasteiger partial charge is 0.309 e. The second-order valence-corrected chi connectivity index (χ2v) is 7.53. The summed E-state index contributed by atoms with van der Waals surface area (Å²) >= 11 is 5.83. The van der Waals surface area contributed by atoms with Crippen LogP contribution in [0.5, 0.6) is 5.75 Å². The van der Waals surface area contributed by atoms with E-state index in [1.54, 1.807) is 19.2 Å². The third kappa shape index (κ3) is 6.37. The highest BCUT2D eigenvalue weighted by molar-refractivity contribution is 6.35. The number of rotatable bonds is 7. The van der Waals surface area contributed by atoms with E-state index in [1.165, 1.54) is 5.69 Å². The number of anilines is 1. The predicted molar refractivity (Wildman–Crippen MR) is 118 cm³/mol. The first-order valence-electron chi connectivity index (χ1n) is 9.97. The molecule has 0 saturated carbocycles. The molecule has 0 radical (unpaired) electrons. The summed E-state index contributed by atoms with van der Waals surface area (Å²) in [6.07, 6.45) is 0. The lowest BCUT2D eigenvalue weighted by molar-refractivity contribution is -0.139. The lowest BCUT2D eigenvalue weighted by Gasteiger charge is -2.36. The molecule has 3 rings (SSSR count). The Bertz CT molecular complexity index is 834. The molecule has 0 spiro atoms. The van der Waals surface area contributed by atoms with E-state index in [0.29, 0.717) is 18.1 Å². The van der Waals surface area contributed by atoms with Crippen LogP contribution in [-0.4, -0.2) is 63.1 Å². The van der Waals surface area contributed by atoms with Crippen molar-refractivity contribution in [2.45, 2.75) is 6.54 Å². The molecule has 2 aromatic carbocycles. The van der Waals surface area contributed by atoms with Gasteiger partial charge in [-0.2, -0.15) is 0 Å². The summed E-state index contributed by atoms with van der Waals surface area (Å²) in [6.45, 7) is 5.10. The molecule has 1 aliphatic rings. The Morgan fingerprint density at radius 3 is 2.20 bits per heavy atom. The van der Waals surface area contributed by atoms with Gasteiger partial charge in [0.15, 0.2) is 0 Å². The topological polar surface area (TPSA) is 73.9 Å². The number of methoxy groups -OCH3 is 1. The van der Waals surface area contributed by atoms with Crippen molar-refractivity contribution in [3.63, 3.8) is 0 Å². The average molecular weight is 431 g/mol. The number of halogens is 1. The molecule has 1 heterocycles. The summed E-state index contributed by atoms with van der Waals surface area (Å²) in [5.74, 6) is -0.388. The van der Waals surface area contributed by atoms with Gasteiger partial charge < -0.3 is 20.3 Å². The number of piperazine rings is 1. The van der Waals surface area contributed by atoms with Gasteiger partial charge in [0, 0.05) is 56.5 Å². The first-order chi connectivity index (χ1) is 14.5. The first kappa shape index (κ1) is 21.9. The second-order valence-electron chi connectivity index (χ2n) is 7.09. The van der Waals surface area contributed by atoms with E-state index in [9.17, 15) is 9.59 Å². The maximum atomic E-state index is 12.0. The van der Waals surface area contributed by atoms with E-state index in [2.05, 4.69) is 32.6 Å². The molecule has 8 heteroatoms. The van der Waals surface area contributed by atoms with Crippen LogP contribution in [0, 0.1) is 0 Å². The van der Waals surface area contributed by atoms with Gasteiger partial charge in [-0.3, -0.25) is 14.5 Å². The Kier molecular flexibility index (Phi) is 7.93. The van der Waals surface area contributed by atoms with E-state index >= 15 is 0 Å². The number of ether oxygens (including phenoxy) is 1. The lowest BCUT2D eigenvalue weighted by Crippen LogP contribution is -2.49. The highest BCUT2D eigenvalue weighted by Gasteiger charge is 2.18. The van der Waals surface area contributed by atoms with Crippen molar-refractivity contribution in [2.75, 3.05) is 51.3 Å². The van der Waals surface area contributed by atoms with Crippen LogP contribution in [0.1, 0.15) is 5.56 Å². The fraction of sp³-hybridized carbons (Fsp3) is 0.364. The number of carbonyl (C=O) groups excluding carboxylic acids is 2. The molecular formula is C22H27ClN4O3. The number of hydrogen-bond acceptors (Lipinski definition) is 5. The minimum Gasteiger partial charge on any atom is -0.497 e. The van der Waals surface area contributed by atoms with Crippen molar-refractivity contribution in [1.82, 2.24) is 15.5 Å². The number of nitrogens with zero attached hydrogens (tertiary/aromatic N) is 2. The zero-order chi connectivity index (χ0) is 21.3. The van der Waals surface area contributed by atoms with Crippen molar-refractivity contribution in [3.8, 4) is 5.75 Å². The molecular weight excluding hydrogens is 404 g/mol. The van der Waals surface area contributed by atoms with Crippen molar-refractivity contribution >= 4 is 29.1 Å². The van der Waals surface area contributed by atoms with Crippen LogP contribution in [0.25, 0.3) is 0 Å². The number of nitrogens with one attached hydrogen (secondary N) is 2. The van der Waals surface area contributed by atoms with Crippen molar-refractivity contribution in [2.24, 2.45) is 0 Å². The Hall–Kier alpha value is -2.77. The number of benzene rings is 2. The highest BCUT2D eigenvalue weighted by atomic mass is 35.5. The van der Waals surface area contributed by atoms with Gasteiger partial charge in [-0.05, 0) is 42.0 Å². The highest BCUT2D eigenvalue weighted by Crippen LogP contribution is 2.20. The molecule has 0 bridgehead atoms. The number of hydrogen-bond donors (Lipinski definition) is 2. The minimum absolute atomic E-state index is 0.288. The van der Waals surface area contributed by atoms with E-state index in [1.807, 2.05) is 24.3 Å². The average Bonchev–Trinajstić information content (AvgIpc) is 2.79. The van der Waals surface area contributed by atoms with Crippen LogP contribution in [0.15, 0.2) is 48.5 Å². The van der Waals surface area contributed by atoms with E-state index in [4.69, 9.17) is 16.3 Å². The standard InChI is InChI=1S/C22H27ClN4O3/c1-30-20-8-6-19(7-9-20)27-14-12-26(13-15-27)11-10-24-21(28)22(29)25-16-17-2-4-18(23)5-3-17/h2-9H,10-16H2,1H3,(H,24,28)(H,25,29). The molecule has 0 aromatic heterocycles. The number of carbonyl (C=O) groups is 2. The van der Waals surface area contributed by atoms with Crippen LogP contribution < -0.4 is 20.3 Å². The van der Waals surface area contributed by atoms with E-state index in [-0.39, 0.29) is 6.54 Å². The maximum Gasteiger partial charge on any atom is 0.309 e. The summed E-state index contributed by atoms with van der Waals surface area (Å²) in [6, 6.07) is 15.2. The molecule has 0 atom stereocenters. The summed E-state index contributed by atoms with van der Waals surface area (Å²) < 4.78 is 5.20. The van der Waals surface area contributed by atoms with E-state index < -0.39 is 11.8 Å². The third-order valence-corrected chi connectivity index (χ3v) is 5.35. The molecule has 7 nitrogen and oxygen atoms in total. The molecule has 1 fully saturated rings.